The standard InChI is InChI=1S/C10H11NO4/c1-7-8(5-6-10(12)13)3-2-4-9(7)11(14)15/h2-4H,5-6H2,1H3,(H,12,13). The Morgan fingerprint density at radius 1 is 1.53 bits per heavy atom. The Labute approximate surface area is 86.5 Å². The molecule has 0 amide bonds. The summed E-state index contributed by atoms with van der Waals surface area (Å²) in [6.07, 6.45) is 0.310. The molecule has 1 aromatic carbocycles. The number of nitrogens with zero attached hydrogens (tertiary/aromatic N) is 1. The smallest absolute Gasteiger partial charge is 0.303 e. The number of aliphatic carboxylic acids is 1. The molecule has 0 saturated carbocycles. The monoisotopic (exact) mass is 209 g/mol. The molecule has 0 saturated heterocycles. The first kappa shape index (κ1) is 11.2. The Morgan fingerprint density at radius 2 is 2.20 bits per heavy atom. The number of hydrogen-bond acceptors (Lipinski definition) is 3. The number of rotatable bonds is 4. The molecule has 1 N–H and O–H groups in total. The Balaban J connectivity index is 2.94. The second-order valence-electron chi connectivity index (χ2n) is 3.21. The molecule has 1 rings (SSSR count). The van der Waals surface area contributed by atoms with Crippen molar-refractivity contribution in [3.63, 3.8) is 0 Å². The molecule has 5 heteroatoms. The highest BCUT2D eigenvalue weighted by molar-refractivity contribution is 5.67. The molecule has 0 radical (unpaired) electrons. The lowest BCUT2D eigenvalue weighted by molar-refractivity contribution is -0.385. The van der Waals surface area contributed by atoms with Crippen LogP contribution in [0, 0.1) is 17.0 Å². The molecule has 0 atom stereocenters. The lowest BCUT2D eigenvalue weighted by atomic mass is 10.0. The largest absolute Gasteiger partial charge is 0.481 e. The summed E-state index contributed by atoms with van der Waals surface area (Å²) in [7, 11) is 0. The average molecular weight is 209 g/mol. The van der Waals surface area contributed by atoms with Crippen molar-refractivity contribution in [1.29, 1.82) is 0 Å². The van der Waals surface area contributed by atoms with Gasteiger partial charge in [0.2, 0.25) is 0 Å². The number of aryl methyl sites for hydroxylation is 1. The van der Waals surface area contributed by atoms with E-state index in [1.807, 2.05) is 0 Å². The van der Waals surface area contributed by atoms with E-state index in [9.17, 15) is 14.9 Å². The molecule has 0 unspecified atom stereocenters. The van der Waals surface area contributed by atoms with Gasteiger partial charge in [0, 0.05) is 18.1 Å². The second kappa shape index (κ2) is 4.54. The predicted molar refractivity (Wildman–Crippen MR) is 53.8 cm³/mol. The molecule has 0 aliphatic heterocycles. The third-order valence-corrected chi connectivity index (χ3v) is 2.22. The van der Waals surface area contributed by atoms with Gasteiger partial charge in [-0.3, -0.25) is 14.9 Å². The Morgan fingerprint density at radius 3 is 2.73 bits per heavy atom. The van der Waals surface area contributed by atoms with Crippen LogP contribution in [-0.4, -0.2) is 16.0 Å². The highest BCUT2D eigenvalue weighted by Gasteiger charge is 2.13. The van der Waals surface area contributed by atoms with E-state index in [1.165, 1.54) is 6.07 Å². The van der Waals surface area contributed by atoms with Crippen molar-refractivity contribution in [2.45, 2.75) is 19.8 Å². The third kappa shape index (κ3) is 2.77. The fraction of sp³-hybridized carbons (Fsp3) is 0.300. The molecule has 5 nitrogen and oxygen atoms in total. The average Bonchev–Trinajstić information content (AvgIpc) is 2.15. The first-order valence-corrected chi connectivity index (χ1v) is 4.47. The van der Waals surface area contributed by atoms with E-state index >= 15 is 0 Å². The van der Waals surface area contributed by atoms with Crippen LogP contribution in [0.15, 0.2) is 18.2 Å². The molecule has 15 heavy (non-hydrogen) atoms. The Hall–Kier alpha value is -1.91. The molecule has 0 aliphatic carbocycles. The van der Waals surface area contributed by atoms with Gasteiger partial charge in [-0.1, -0.05) is 12.1 Å². The summed E-state index contributed by atoms with van der Waals surface area (Å²) in [4.78, 5) is 20.5. The lowest BCUT2D eigenvalue weighted by Gasteiger charge is -2.04. The van der Waals surface area contributed by atoms with Gasteiger partial charge >= 0.3 is 5.97 Å². The van der Waals surface area contributed by atoms with Crippen molar-refractivity contribution in [2.75, 3.05) is 0 Å². The van der Waals surface area contributed by atoms with Crippen molar-refractivity contribution in [2.24, 2.45) is 0 Å². The van der Waals surface area contributed by atoms with Crippen molar-refractivity contribution >= 4 is 11.7 Å². The quantitative estimate of drug-likeness (QED) is 0.606. The van der Waals surface area contributed by atoms with E-state index in [2.05, 4.69) is 0 Å². The molecule has 0 aromatic heterocycles. The number of carboxylic acids is 1. The Bertz CT molecular complexity index is 400. The first-order chi connectivity index (χ1) is 7.02. The van der Waals surface area contributed by atoms with Crippen LogP contribution in [0.4, 0.5) is 5.69 Å². The maximum atomic E-state index is 10.6. The van der Waals surface area contributed by atoms with Crippen molar-refractivity contribution < 1.29 is 14.8 Å². The van der Waals surface area contributed by atoms with Gasteiger partial charge in [0.25, 0.3) is 5.69 Å². The minimum absolute atomic E-state index is 0.0119. The van der Waals surface area contributed by atoms with E-state index in [-0.39, 0.29) is 12.1 Å². The highest BCUT2D eigenvalue weighted by atomic mass is 16.6. The summed E-state index contributed by atoms with van der Waals surface area (Å²) in [5.41, 5.74) is 1.30. The summed E-state index contributed by atoms with van der Waals surface area (Å²) in [6, 6.07) is 4.70. The second-order valence-corrected chi connectivity index (χ2v) is 3.21. The predicted octanol–water partition coefficient (Wildman–Crippen LogP) is 1.92. The molecular weight excluding hydrogens is 198 g/mol. The minimum Gasteiger partial charge on any atom is -0.481 e. The number of hydrogen-bond donors (Lipinski definition) is 1. The van der Waals surface area contributed by atoms with E-state index in [0.29, 0.717) is 17.5 Å². The zero-order chi connectivity index (χ0) is 11.4. The molecule has 80 valence electrons. The van der Waals surface area contributed by atoms with E-state index < -0.39 is 10.9 Å². The van der Waals surface area contributed by atoms with Crippen LogP contribution in [0.25, 0.3) is 0 Å². The van der Waals surface area contributed by atoms with Crippen LogP contribution in [0.5, 0.6) is 0 Å². The van der Waals surface area contributed by atoms with Crippen LogP contribution in [-0.2, 0) is 11.2 Å². The molecule has 1 aromatic rings. The fourth-order valence-electron chi connectivity index (χ4n) is 1.38. The van der Waals surface area contributed by atoms with E-state index in [1.54, 1.807) is 19.1 Å². The topological polar surface area (TPSA) is 80.4 Å². The van der Waals surface area contributed by atoms with Crippen molar-refractivity contribution in [1.82, 2.24) is 0 Å². The normalized spacial score (nSPS) is 9.93. The highest BCUT2D eigenvalue weighted by Crippen LogP contribution is 2.21. The van der Waals surface area contributed by atoms with Gasteiger partial charge in [-0.15, -0.1) is 0 Å². The van der Waals surface area contributed by atoms with Gasteiger partial charge in [-0.25, -0.2) is 0 Å². The van der Waals surface area contributed by atoms with Gasteiger partial charge in [0.1, 0.15) is 0 Å². The summed E-state index contributed by atoms with van der Waals surface area (Å²) >= 11 is 0. The number of nitro groups is 1. The van der Waals surface area contributed by atoms with Crippen LogP contribution < -0.4 is 0 Å². The van der Waals surface area contributed by atoms with E-state index in [4.69, 9.17) is 5.11 Å². The van der Waals surface area contributed by atoms with Gasteiger partial charge in [-0.05, 0) is 18.9 Å². The number of benzene rings is 1. The van der Waals surface area contributed by atoms with Gasteiger partial charge < -0.3 is 5.11 Å². The summed E-state index contributed by atoms with van der Waals surface area (Å²) < 4.78 is 0. The van der Waals surface area contributed by atoms with Crippen molar-refractivity contribution in [3.8, 4) is 0 Å². The van der Waals surface area contributed by atoms with E-state index in [0.717, 1.165) is 0 Å². The van der Waals surface area contributed by atoms with Crippen LogP contribution in [0.1, 0.15) is 17.5 Å². The number of nitro benzene ring substituents is 1. The SMILES string of the molecule is Cc1c(CCC(=O)O)cccc1[N+](=O)[O-]. The summed E-state index contributed by atoms with van der Waals surface area (Å²) in [5, 5.41) is 19.1. The lowest BCUT2D eigenvalue weighted by Crippen LogP contribution is -2.01. The maximum Gasteiger partial charge on any atom is 0.303 e. The van der Waals surface area contributed by atoms with Gasteiger partial charge in [0.05, 0.1) is 4.92 Å². The molecule has 0 heterocycles. The third-order valence-electron chi connectivity index (χ3n) is 2.22. The van der Waals surface area contributed by atoms with Gasteiger partial charge in [-0.2, -0.15) is 0 Å². The van der Waals surface area contributed by atoms with Gasteiger partial charge in [0.15, 0.2) is 0 Å². The first-order valence-electron chi connectivity index (χ1n) is 4.47. The van der Waals surface area contributed by atoms with Crippen molar-refractivity contribution in [3.05, 3.63) is 39.4 Å². The number of carboxylic acid groups (broad SMARTS) is 1. The number of carbonyl (C=O) groups is 1. The Kier molecular flexibility index (Phi) is 3.38. The van der Waals surface area contributed by atoms with Crippen LogP contribution in [0.3, 0.4) is 0 Å². The molecule has 0 aliphatic rings. The maximum absolute atomic E-state index is 10.6. The fourth-order valence-corrected chi connectivity index (χ4v) is 1.38. The molecule has 0 fully saturated rings. The molecular formula is C10H11NO4. The molecule has 0 spiro atoms. The summed E-state index contributed by atoms with van der Waals surface area (Å²) in [5.74, 6) is -0.902. The van der Waals surface area contributed by atoms with Crippen LogP contribution in [0.2, 0.25) is 0 Å². The summed E-state index contributed by atoms with van der Waals surface area (Å²) in [6.45, 7) is 1.63. The zero-order valence-electron chi connectivity index (χ0n) is 8.27. The molecule has 0 bridgehead atoms. The zero-order valence-corrected chi connectivity index (χ0v) is 8.27. The minimum atomic E-state index is -0.902. The van der Waals surface area contributed by atoms with Crippen LogP contribution >= 0.6 is 0 Å².